The van der Waals surface area contributed by atoms with Crippen molar-refractivity contribution in [1.82, 2.24) is 5.32 Å². The summed E-state index contributed by atoms with van der Waals surface area (Å²) in [5.74, 6) is 1.16. The summed E-state index contributed by atoms with van der Waals surface area (Å²) in [6.45, 7) is 1.71. The Kier molecular flexibility index (Phi) is 6.36. The molecular weight excluding hydrogens is 354 g/mol. The molecule has 138 valence electrons. The fourth-order valence-electron chi connectivity index (χ4n) is 2.79. The Bertz CT molecular complexity index is 742. The van der Waals surface area contributed by atoms with Crippen molar-refractivity contribution in [1.29, 1.82) is 0 Å². The van der Waals surface area contributed by atoms with Crippen molar-refractivity contribution in [2.75, 3.05) is 20.3 Å². The molecule has 1 saturated heterocycles. The van der Waals surface area contributed by atoms with Gasteiger partial charge in [0.25, 0.3) is 5.91 Å². The average Bonchev–Trinajstić information content (AvgIpc) is 3.19. The van der Waals surface area contributed by atoms with Gasteiger partial charge in [-0.3, -0.25) is 4.79 Å². The predicted octanol–water partition coefficient (Wildman–Crippen LogP) is 3.84. The molecule has 0 aromatic heterocycles. The standard InChI is InChI=1S/C20H22ClNO4/c1-24-19-11-14(4-9-18(19)26-13-17-3-2-10-25-17)12-22-20(23)15-5-7-16(21)8-6-15/h4-9,11,17H,2-3,10,12-13H2,1H3,(H,22,23). The fourth-order valence-corrected chi connectivity index (χ4v) is 2.91. The maximum Gasteiger partial charge on any atom is 0.251 e. The van der Waals surface area contributed by atoms with E-state index in [1.165, 1.54) is 0 Å². The summed E-state index contributed by atoms with van der Waals surface area (Å²) in [4.78, 5) is 12.2. The van der Waals surface area contributed by atoms with Crippen LogP contribution in [0.4, 0.5) is 0 Å². The minimum absolute atomic E-state index is 0.151. The molecule has 2 aromatic carbocycles. The smallest absolute Gasteiger partial charge is 0.251 e. The number of hydrogen-bond donors (Lipinski definition) is 1. The third kappa shape index (κ3) is 4.90. The van der Waals surface area contributed by atoms with Gasteiger partial charge in [0, 0.05) is 23.7 Å². The number of carbonyl (C=O) groups is 1. The summed E-state index contributed by atoms with van der Waals surface area (Å²) in [5.41, 5.74) is 1.49. The molecule has 1 atom stereocenters. The first-order valence-corrected chi connectivity index (χ1v) is 8.98. The third-order valence-electron chi connectivity index (χ3n) is 4.24. The molecule has 0 radical (unpaired) electrons. The van der Waals surface area contributed by atoms with E-state index in [9.17, 15) is 4.79 Å². The first kappa shape index (κ1) is 18.5. The summed E-state index contributed by atoms with van der Waals surface area (Å²) in [6, 6.07) is 12.4. The molecular formula is C20H22ClNO4. The molecule has 3 rings (SSSR count). The van der Waals surface area contributed by atoms with Crippen LogP contribution < -0.4 is 14.8 Å². The van der Waals surface area contributed by atoms with E-state index < -0.39 is 0 Å². The highest BCUT2D eigenvalue weighted by atomic mass is 35.5. The van der Waals surface area contributed by atoms with Gasteiger partial charge in [-0.15, -0.1) is 0 Å². The lowest BCUT2D eigenvalue weighted by Gasteiger charge is -2.15. The lowest BCUT2D eigenvalue weighted by Crippen LogP contribution is -2.22. The maximum atomic E-state index is 12.2. The zero-order valence-corrected chi connectivity index (χ0v) is 15.4. The topological polar surface area (TPSA) is 56.8 Å². The van der Waals surface area contributed by atoms with E-state index in [0.29, 0.717) is 35.2 Å². The monoisotopic (exact) mass is 375 g/mol. The zero-order valence-electron chi connectivity index (χ0n) is 14.7. The van der Waals surface area contributed by atoms with Crippen LogP contribution >= 0.6 is 11.6 Å². The zero-order chi connectivity index (χ0) is 18.4. The molecule has 6 heteroatoms. The maximum absolute atomic E-state index is 12.2. The van der Waals surface area contributed by atoms with Gasteiger partial charge in [-0.05, 0) is 54.8 Å². The van der Waals surface area contributed by atoms with Gasteiger partial charge in [-0.2, -0.15) is 0 Å². The van der Waals surface area contributed by atoms with Crippen molar-refractivity contribution in [2.24, 2.45) is 0 Å². The van der Waals surface area contributed by atoms with Crippen LogP contribution in [-0.4, -0.2) is 32.3 Å². The van der Waals surface area contributed by atoms with Crippen LogP contribution in [0.2, 0.25) is 5.02 Å². The van der Waals surface area contributed by atoms with Crippen LogP contribution in [0.25, 0.3) is 0 Å². The fraction of sp³-hybridized carbons (Fsp3) is 0.350. The molecule has 1 amide bonds. The number of methoxy groups -OCH3 is 1. The number of benzene rings is 2. The Labute approximate surface area is 158 Å². The molecule has 0 saturated carbocycles. The number of hydrogen-bond acceptors (Lipinski definition) is 4. The van der Waals surface area contributed by atoms with E-state index in [1.807, 2.05) is 18.2 Å². The van der Waals surface area contributed by atoms with Crippen molar-refractivity contribution < 1.29 is 19.0 Å². The predicted molar refractivity (Wildman–Crippen MR) is 100 cm³/mol. The molecule has 2 aromatic rings. The lowest BCUT2D eigenvalue weighted by molar-refractivity contribution is 0.0669. The van der Waals surface area contributed by atoms with Crippen molar-refractivity contribution in [2.45, 2.75) is 25.5 Å². The van der Waals surface area contributed by atoms with Crippen molar-refractivity contribution in [3.63, 3.8) is 0 Å². The molecule has 1 aliphatic heterocycles. The SMILES string of the molecule is COc1cc(CNC(=O)c2ccc(Cl)cc2)ccc1OCC1CCCO1. The lowest BCUT2D eigenvalue weighted by atomic mass is 10.1. The molecule has 1 fully saturated rings. The normalized spacial score (nSPS) is 16.3. The molecule has 1 N–H and O–H groups in total. The molecule has 0 bridgehead atoms. The van der Waals surface area contributed by atoms with Gasteiger partial charge >= 0.3 is 0 Å². The highest BCUT2D eigenvalue weighted by Crippen LogP contribution is 2.29. The summed E-state index contributed by atoms with van der Waals surface area (Å²) < 4.78 is 16.8. The number of ether oxygens (including phenoxy) is 3. The third-order valence-corrected chi connectivity index (χ3v) is 4.49. The van der Waals surface area contributed by atoms with Gasteiger partial charge in [0.1, 0.15) is 6.61 Å². The van der Waals surface area contributed by atoms with Crippen molar-refractivity contribution in [3.05, 3.63) is 58.6 Å². The van der Waals surface area contributed by atoms with Gasteiger partial charge in [0.05, 0.1) is 13.2 Å². The Morgan fingerprint density at radius 1 is 1.23 bits per heavy atom. The van der Waals surface area contributed by atoms with E-state index in [1.54, 1.807) is 31.4 Å². The largest absolute Gasteiger partial charge is 0.493 e. The molecule has 1 heterocycles. The molecule has 0 spiro atoms. The van der Waals surface area contributed by atoms with Gasteiger partial charge in [0.2, 0.25) is 0 Å². The number of nitrogens with one attached hydrogen (secondary N) is 1. The van der Waals surface area contributed by atoms with E-state index in [4.69, 9.17) is 25.8 Å². The molecule has 26 heavy (non-hydrogen) atoms. The molecule has 0 aliphatic carbocycles. The second kappa shape index (κ2) is 8.92. The average molecular weight is 376 g/mol. The summed E-state index contributed by atoms with van der Waals surface area (Å²) in [7, 11) is 1.60. The van der Waals surface area contributed by atoms with Crippen LogP contribution in [0.3, 0.4) is 0 Å². The van der Waals surface area contributed by atoms with Crippen LogP contribution in [0, 0.1) is 0 Å². The number of rotatable bonds is 7. The Balaban J connectivity index is 1.57. The number of amides is 1. The van der Waals surface area contributed by atoms with E-state index in [-0.39, 0.29) is 12.0 Å². The van der Waals surface area contributed by atoms with Crippen LogP contribution in [0.15, 0.2) is 42.5 Å². The summed E-state index contributed by atoms with van der Waals surface area (Å²) >= 11 is 5.84. The second-order valence-corrected chi connectivity index (χ2v) is 6.56. The van der Waals surface area contributed by atoms with E-state index in [0.717, 1.165) is 25.0 Å². The van der Waals surface area contributed by atoms with E-state index in [2.05, 4.69) is 5.32 Å². The van der Waals surface area contributed by atoms with Gasteiger partial charge in [-0.25, -0.2) is 0 Å². The second-order valence-electron chi connectivity index (χ2n) is 6.12. The Morgan fingerprint density at radius 3 is 2.73 bits per heavy atom. The number of carbonyl (C=O) groups excluding carboxylic acids is 1. The van der Waals surface area contributed by atoms with Gasteiger partial charge < -0.3 is 19.5 Å². The first-order chi connectivity index (χ1) is 12.7. The highest BCUT2D eigenvalue weighted by molar-refractivity contribution is 6.30. The van der Waals surface area contributed by atoms with Gasteiger partial charge in [0.15, 0.2) is 11.5 Å². The highest BCUT2D eigenvalue weighted by Gasteiger charge is 2.17. The minimum atomic E-state index is -0.153. The van der Waals surface area contributed by atoms with Crippen LogP contribution in [-0.2, 0) is 11.3 Å². The molecule has 1 aliphatic rings. The quantitative estimate of drug-likeness (QED) is 0.798. The minimum Gasteiger partial charge on any atom is -0.493 e. The van der Waals surface area contributed by atoms with Crippen LogP contribution in [0.1, 0.15) is 28.8 Å². The van der Waals surface area contributed by atoms with E-state index >= 15 is 0 Å². The molecule has 1 unspecified atom stereocenters. The Morgan fingerprint density at radius 2 is 2.04 bits per heavy atom. The summed E-state index contributed by atoms with van der Waals surface area (Å²) in [6.07, 6.45) is 2.26. The van der Waals surface area contributed by atoms with Gasteiger partial charge in [-0.1, -0.05) is 17.7 Å². The molecule has 5 nitrogen and oxygen atoms in total. The summed E-state index contributed by atoms with van der Waals surface area (Å²) in [5, 5.41) is 3.49. The number of halogens is 1. The van der Waals surface area contributed by atoms with Crippen molar-refractivity contribution >= 4 is 17.5 Å². The first-order valence-electron chi connectivity index (χ1n) is 8.61. The van der Waals surface area contributed by atoms with Crippen molar-refractivity contribution in [3.8, 4) is 11.5 Å². The van der Waals surface area contributed by atoms with Crippen LogP contribution in [0.5, 0.6) is 11.5 Å². The Hall–Kier alpha value is -2.24.